The van der Waals surface area contributed by atoms with E-state index in [1.165, 1.54) is 51.7 Å². The molecule has 0 aromatic heterocycles. The van der Waals surface area contributed by atoms with Gasteiger partial charge in [-0.25, -0.2) is 8.42 Å². The quantitative estimate of drug-likeness (QED) is 0.232. The Kier molecular flexibility index (Phi) is 9.03. The second kappa shape index (κ2) is 12.6. The highest BCUT2D eigenvalue weighted by molar-refractivity contribution is 7.92. The molecule has 0 aliphatic carbocycles. The predicted octanol–water partition coefficient (Wildman–Crippen LogP) is 5.99. The van der Waals surface area contributed by atoms with E-state index in [9.17, 15) is 13.2 Å². The Bertz CT molecular complexity index is 1580. The van der Waals surface area contributed by atoms with Crippen LogP contribution < -0.4 is 28.6 Å². The minimum atomic E-state index is -4.31. The van der Waals surface area contributed by atoms with E-state index >= 15 is 0 Å². The molecular formula is C29H27ClN2O7S. The molecule has 0 radical (unpaired) electrons. The fourth-order valence-electron chi connectivity index (χ4n) is 3.82. The van der Waals surface area contributed by atoms with Crippen molar-refractivity contribution in [2.24, 2.45) is 0 Å². The van der Waals surface area contributed by atoms with E-state index in [1.54, 1.807) is 30.3 Å². The predicted molar refractivity (Wildman–Crippen MR) is 154 cm³/mol. The number of rotatable bonds is 11. The number of benzene rings is 4. The van der Waals surface area contributed by atoms with Crippen LogP contribution in [0.25, 0.3) is 0 Å². The molecular weight excluding hydrogens is 556 g/mol. The number of carbonyl (C=O) groups is 1. The highest BCUT2D eigenvalue weighted by atomic mass is 35.5. The smallest absolute Gasteiger partial charge is 0.265 e. The molecule has 0 saturated heterocycles. The van der Waals surface area contributed by atoms with Gasteiger partial charge in [-0.3, -0.25) is 9.10 Å². The van der Waals surface area contributed by atoms with Crippen molar-refractivity contribution in [3.8, 4) is 28.7 Å². The maximum absolute atomic E-state index is 13.9. The second-order valence-electron chi connectivity index (χ2n) is 8.33. The normalized spacial score (nSPS) is 10.9. The third kappa shape index (κ3) is 6.59. The van der Waals surface area contributed by atoms with Crippen LogP contribution in [0.15, 0.2) is 95.9 Å². The van der Waals surface area contributed by atoms with Gasteiger partial charge in [0, 0.05) is 16.8 Å². The lowest BCUT2D eigenvalue weighted by Crippen LogP contribution is -2.38. The Morgan fingerprint density at radius 3 is 2.05 bits per heavy atom. The lowest BCUT2D eigenvalue weighted by atomic mass is 10.2. The molecule has 0 unspecified atom stereocenters. The minimum absolute atomic E-state index is 0.0894. The van der Waals surface area contributed by atoms with Crippen molar-refractivity contribution in [1.82, 2.24) is 0 Å². The minimum Gasteiger partial charge on any atom is -0.495 e. The van der Waals surface area contributed by atoms with Crippen molar-refractivity contribution >= 4 is 38.9 Å². The maximum Gasteiger partial charge on any atom is 0.265 e. The highest BCUT2D eigenvalue weighted by Crippen LogP contribution is 2.37. The summed E-state index contributed by atoms with van der Waals surface area (Å²) >= 11 is 6.21. The summed E-state index contributed by atoms with van der Waals surface area (Å²) in [6.45, 7) is -0.574. The first-order valence-corrected chi connectivity index (χ1v) is 13.8. The monoisotopic (exact) mass is 582 g/mol. The Balaban J connectivity index is 1.63. The SMILES string of the molecule is COc1ccc(S(=O)(=O)N(CC(=O)Nc2ccc(Oc3ccccc3)cc2)c2cc(Cl)ccc2OC)cc1OC. The summed E-state index contributed by atoms with van der Waals surface area (Å²) in [5, 5.41) is 2.99. The molecule has 1 amide bonds. The van der Waals surface area contributed by atoms with Crippen LogP contribution in [0, 0.1) is 0 Å². The van der Waals surface area contributed by atoms with Crippen LogP contribution in [0.2, 0.25) is 5.02 Å². The van der Waals surface area contributed by atoms with Crippen LogP contribution in [0.4, 0.5) is 11.4 Å². The van der Waals surface area contributed by atoms with Crippen molar-refractivity contribution in [1.29, 1.82) is 0 Å². The number of halogens is 1. The molecule has 0 saturated carbocycles. The van der Waals surface area contributed by atoms with Crippen LogP contribution in [0.1, 0.15) is 0 Å². The van der Waals surface area contributed by atoms with Crippen LogP contribution in [-0.4, -0.2) is 42.2 Å². The number of sulfonamides is 1. The third-order valence-corrected chi connectivity index (χ3v) is 7.75. The first-order valence-electron chi connectivity index (χ1n) is 12.0. The number of carbonyl (C=O) groups excluding carboxylic acids is 1. The molecule has 0 bridgehead atoms. The van der Waals surface area contributed by atoms with Crippen molar-refractivity contribution in [3.05, 3.63) is 96.0 Å². The Morgan fingerprint density at radius 1 is 0.775 bits per heavy atom. The van der Waals surface area contributed by atoms with Crippen molar-refractivity contribution in [2.75, 3.05) is 37.5 Å². The van der Waals surface area contributed by atoms with E-state index in [0.717, 1.165) is 4.31 Å². The zero-order chi connectivity index (χ0) is 28.7. The molecule has 9 nitrogen and oxygen atoms in total. The fourth-order valence-corrected chi connectivity index (χ4v) is 5.43. The molecule has 40 heavy (non-hydrogen) atoms. The van der Waals surface area contributed by atoms with E-state index in [1.807, 2.05) is 30.3 Å². The van der Waals surface area contributed by atoms with Gasteiger partial charge in [-0.05, 0) is 66.7 Å². The molecule has 1 N–H and O–H groups in total. The maximum atomic E-state index is 13.9. The van der Waals surface area contributed by atoms with Crippen LogP contribution in [-0.2, 0) is 14.8 Å². The summed E-state index contributed by atoms with van der Waals surface area (Å²) in [7, 11) is -0.0728. The van der Waals surface area contributed by atoms with Crippen molar-refractivity contribution in [3.63, 3.8) is 0 Å². The number of nitrogens with one attached hydrogen (secondary N) is 1. The van der Waals surface area contributed by atoms with Crippen LogP contribution in [0.3, 0.4) is 0 Å². The molecule has 4 rings (SSSR count). The molecule has 0 aliphatic heterocycles. The van der Waals surface area contributed by atoms with E-state index in [4.69, 9.17) is 30.5 Å². The van der Waals surface area contributed by atoms with Gasteiger partial charge in [0.15, 0.2) is 11.5 Å². The lowest BCUT2D eigenvalue weighted by Gasteiger charge is -2.26. The van der Waals surface area contributed by atoms with Crippen LogP contribution in [0.5, 0.6) is 28.7 Å². The largest absolute Gasteiger partial charge is 0.495 e. The molecule has 0 spiro atoms. The molecule has 0 fully saturated rings. The first-order chi connectivity index (χ1) is 19.2. The lowest BCUT2D eigenvalue weighted by molar-refractivity contribution is -0.114. The van der Waals surface area contributed by atoms with Gasteiger partial charge in [0.25, 0.3) is 10.0 Å². The number of methoxy groups -OCH3 is 3. The molecule has 208 valence electrons. The van der Waals surface area contributed by atoms with Gasteiger partial charge < -0.3 is 24.3 Å². The number of amides is 1. The summed E-state index contributed by atoms with van der Waals surface area (Å²) in [5.41, 5.74) is 0.540. The molecule has 0 atom stereocenters. The zero-order valence-corrected chi connectivity index (χ0v) is 23.5. The topological polar surface area (TPSA) is 103 Å². The summed E-state index contributed by atoms with van der Waals surface area (Å²) in [6.07, 6.45) is 0. The molecule has 0 heterocycles. The van der Waals surface area contributed by atoms with E-state index in [2.05, 4.69) is 5.32 Å². The van der Waals surface area contributed by atoms with Gasteiger partial charge in [-0.2, -0.15) is 0 Å². The second-order valence-corrected chi connectivity index (χ2v) is 10.6. The van der Waals surface area contributed by atoms with Gasteiger partial charge in [0.1, 0.15) is 23.8 Å². The molecule has 4 aromatic carbocycles. The molecule has 4 aromatic rings. The Labute approximate surface area is 237 Å². The van der Waals surface area contributed by atoms with Gasteiger partial charge in [-0.15, -0.1) is 0 Å². The van der Waals surface area contributed by atoms with E-state index in [0.29, 0.717) is 22.9 Å². The van der Waals surface area contributed by atoms with E-state index < -0.39 is 22.5 Å². The van der Waals surface area contributed by atoms with Gasteiger partial charge in [0.05, 0.1) is 31.9 Å². The number of hydrogen-bond acceptors (Lipinski definition) is 7. The summed E-state index contributed by atoms with van der Waals surface area (Å²) in [5.74, 6) is 1.43. The highest BCUT2D eigenvalue weighted by Gasteiger charge is 2.30. The average Bonchev–Trinajstić information content (AvgIpc) is 2.97. The van der Waals surface area contributed by atoms with E-state index in [-0.39, 0.29) is 27.1 Å². The first kappa shape index (κ1) is 28.6. The summed E-state index contributed by atoms with van der Waals surface area (Å²) in [4.78, 5) is 13.1. The Morgan fingerprint density at radius 2 is 1.40 bits per heavy atom. The third-order valence-electron chi connectivity index (χ3n) is 5.76. The standard InChI is InChI=1S/C29H27ClN2O7S/c1-36-26-15-9-20(30)17-25(26)32(40(34,35)24-14-16-27(37-2)28(18-24)38-3)19-29(33)31-21-10-12-23(13-11-21)39-22-7-5-4-6-8-22/h4-18H,19H2,1-3H3,(H,31,33). The van der Waals surface area contributed by atoms with Crippen molar-refractivity contribution in [2.45, 2.75) is 4.90 Å². The Hall–Kier alpha value is -4.41. The number of para-hydroxylation sites is 1. The average molecular weight is 583 g/mol. The van der Waals surface area contributed by atoms with Crippen LogP contribution >= 0.6 is 11.6 Å². The molecule has 11 heteroatoms. The van der Waals surface area contributed by atoms with Crippen molar-refractivity contribution < 1.29 is 32.2 Å². The summed E-state index contributed by atoms with van der Waals surface area (Å²) in [6, 6.07) is 24.6. The zero-order valence-electron chi connectivity index (χ0n) is 22.0. The molecule has 0 aliphatic rings. The number of nitrogens with zero attached hydrogens (tertiary/aromatic N) is 1. The fraction of sp³-hybridized carbons (Fsp3) is 0.138. The van der Waals surface area contributed by atoms with Gasteiger partial charge >= 0.3 is 0 Å². The van der Waals surface area contributed by atoms with Gasteiger partial charge in [0.2, 0.25) is 5.91 Å². The number of anilines is 2. The summed E-state index contributed by atoms with van der Waals surface area (Å²) < 4.78 is 50.5. The van der Waals surface area contributed by atoms with Gasteiger partial charge in [-0.1, -0.05) is 29.8 Å². The number of ether oxygens (including phenoxy) is 4. The number of hydrogen-bond donors (Lipinski definition) is 1.